The highest BCUT2D eigenvalue weighted by molar-refractivity contribution is 5.98. The van der Waals surface area contributed by atoms with Gasteiger partial charge in [0.25, 0.3) is 0 Å². The van der Waals surface area contributed by atoms with E-state index in [1.165, 1.54) is 26.6 Å². The molecule has 0 amide bonds. The van der Waals surface area contributed by atoms with Crippen molar-refractivity contribution in [1.82, 2.24) is 38.8 Å². The lowest BCUT2D eigenvalue weighted by atomic mass is 10.1. The maximum absolute atomic E-state index is 11.9. The first-order valence-electron chi connectivity index (χ1n) is 15.5. The summed E-state index contributed by atoms with van der Waals surface area (Å²) in [6, 6.07) is 7.79. The first-order valence-corrected chi connectivity index (χ1v) is 15.5. The molecule has 6 aromatic heterocycles. The standard InChI is InChI=1S/2C17H20N4O3/c1-12-15(11-20(19-12)6-4-8-23-2)13-5-7-21-16(9-13)14(10-18-21)17(22)24-3;1-12-14(10-18-20(12)6-4-8-23-2)13-5-7-21-16(9-13)15(11-19-21)17(22)24-3/h2*5,7,9-11H,4,6,8H2,1-3H3. The fourth-order valence-corrected chi connectivity index (χ4v) is 5.43. The molecule has 0 radical (unpaired) electrons. The second-order valence-corrected chi connectivity index (χ2v) is 11.0. The highest BCUT2D eigenvalue weighted by Gasteiger charge is 2.17. The molecule has 0 aliphatic rings. The van der Waals surface area contributed by atoms with Gasteiger partial charge in [0, 0.05) is 75.9 Å². The summed E-state index contributed by atoms with van der Waals surface area (Å²) in [5.41, 5.74) is 8.39. The van der Waals surface area contributed by atoms with E-state index in [0.717, 1.165) is 59.6 Å². The number of methoxy groups -OCH3 is 4. The van der Waals surface area contributed by atoms with E-state index in [2.05, 4.69) is 20.4 Å². The molecule has 0 unspecified atom stereocenters. The molecule has 48 heavy (non-hydrogen) atoms. The zero-order chi connectivity index (χ0) is 34.2. The van der Waals surface area contributed by atoms with Gasteiger partial charge in [-0.1, -0.05) is 0 Å². The van der Waals surface area contributed by atoms with Crippen molar-refractivity contribution in [3.05, 3.63) is 84.0 Å². The van der Waals surface area contributed by atoms with Crippen molar-refractivity contribution >= 4 is 23.0 Å². The van der Waals surface area contributed by atoms with Crippen LogP contribution in [0.15, 0.2) is 61.4 Å². The minimum absolute atomic E-state index is 0.394. The number of ether oxygens (including phenoxy) is 4. The average Bonchev–Trinajstić information content (AvgIpc) is 3.89. The van der Waals surface area contributed by atoms with Crippen molar-refractivity contribution in [1.29, 1.82) is 0 Å². The maximum atomic E-state index is 11.9. The predicted molar refractivity (Wildman–Crippen MR) is 178 cm³/mol. The number of rotatable bonds is 12. The van der Waals surface area contributed by atoms with E-state index in [1.807, 2.05) is 72.3 Å². The van der Waals surface area contributed by atoms with Gasteiger partial charge in [0.1, 0.15) is 11.1 Å². The third kappa shape index (κ3) is 7.29. The van der Waals surface area contributed by atoms with Gasteiger partial charge in [0.2, 0.25) is 0 Å². The predicted octanol–water partition coefficient (Wildman–Crippen LogP) is 4.66. The fourth-order valence-electron chi connectivity index (χ4n) is 5.43. The van der Waals surface area contributed by atoms with E-state index in [1.54, 1.807) is 23.3 Å². The largest absolute Gasteiger partial charge is 0.465 e. The molecule has 0 bridgehead atoms. The molecule has 0 N–H and O–H groups in total. The summed E-state index contributed by atoms with van der Waals surface area (Å²) in [7, 11) is 6.12. The van der Waals surface area contributed by atoms with Crippen LogP contribution in [0.25, 0.3) is 33.3 Å². The monoisotopic (exact) mass is 656 g/mol. The van der Waals surface area contributed by atoms with Crippen molar-refractivity contribution in [2.24, 2.45) is 0 Å². The number of carbonyl (C=O) groups excluding carboxylic acids is 2. The smallest absolute Gasteiger partial charge is 0.341 e. The maximum Gasteiger partial charge on any atom is 0.341 e. The Morgan fingerprint density at radius 2 is 1.25 bits per heavy atom. The molecule has 0 aliphatic carbocycles. The van der Waals surface area contributed by atoms with E-state index in [-0.39, 0.29) is 0 Å². The number of pyridine rings is 2. The number of esters is 2. The quantitative estimate of drug-likeness (QED) is 0.135. The van der Waals surface area contributed by atoms with Gasteiger partial charge in [-0.2, -0.15) is 20.4 Å². The average molecular weight is 657 g/mol. The molecule has 6 rings (SSSR count). The minimum atomic E-state index is -0.394. The highest BCUT2D eigenvalue weighted by atomic mass is 16.5. The van der Waals surface area contributed by atoms with Crippen molar-refractivity contribution < 1.29 is 28.5 Å². The molecule has 14 heteroatoms. The van der Waals surface area contributed by atoms with Gasteiger partial charge in [-0.25, -0.2) is 18.6 Å². The zero-order valence-corrected chi connectivity index (χ0v) is 28.0. The summed E-state index contributed by atoms with van der Waals surface area (Å²) in [4.78, 5) is 23.7. The minimum Gasteiger partial charge on any atom is -0.465 e. The Hall–Kier alpha value is -5.34. The lowest BCUT2D eigenvalue weighted by Gasteiger charge is -2.06. The van der Waals surface area contributed by atoms with Gasteiger partial charge < -0.3 is 18.9 Å². The fraction of sp³-hybridized carbons (Fsp3) is 0.353. The van der Waals surface area contributed by atoms with E-state index >= 15 is 0 Å². The Labute approximate surface area is 277 Å². The Balaban J connectivity index is 0.000000188. The van der Waals surface area contributed by atoms with Gasteiger partial charge in [0.05, 0.1) is 49.5 Å². The molecule has 0 aliphatic heterocycles. The molecular weight excluding hydrogens is 616 g/mol. The highest BCUT2D eigenvalue weighted by Crippen LogP contribution is 2.27. The van der Waals surface area contributed by atoms with E-state index in [0.29, 0.717) is 35.4 Å². The molecule has 0 spiro atoms. The van der Waals surface area contributed by atoms with Crippen molar-refractivity contribution in [2.45, 2.75) is 39.8 Å². The van der Waals surface area contributed by atoms with Crippen LogP contribution in [0.4, 0.5) is 0 Å². The molecule has 252 valence electrons. The van der Waals surface area contributed by atoms with Gasteiger partial charge in [-0.3, -0.25) is 9.36 Å². The SMILES string of the molecule is COCCCn1cc(-c2ccn3ncc(C(=O)OC)c3c2)c(C)n1.COCCCn1ncc(-c2ccn3ncc(C(=O)OC)c3c2)c1C. The normalized spacial score (nSPS) is 11.1. The summed E-state index contributed by atoms with van der Waals surface area (Å²) in [6.07, 6.45) is 12.4. The van der Waals surface area contributed by atoms with Crippen LogP contribution in [0.1, 0.15) is 44.9 Å². The molecule has 0 atom stereocenters. The molecule has 6 aromatic rings. The van der Waals surface area contributed by atoms with Crippen LogP contribution in [-0.2, 0) is 32.0 Å². The summed E-state index contributed by atoms with van der Waals surface area (Å²) < 4.78 is 27.0. The Morgan fingerprint density at radius 3 is 1.79 bits per heavy atom. The molecule has 0 saturated carbocycles. The van der Waals surface area contributed by atoms with Gasteiger partial charge >= 0.3 is 11.9 Å². The lowest BCUT2D eigenvalue weighted by Crippen LogP contribution is -2.05. The van der Waals surface area contributed by atoms with Crippen LogP contribution >= 0.6 is 0 Å². The number of hydrogen-bond donors (Lipinski definition) is 0. The number of fused-ring (bicyclic) bond motifs is 2. The zero-order valence-electron chi connectivity index (χ0n) is 28.0. The second kappa shape index (κ2) is 15.5. The third-order valence-corrected chi connectivity index (χ3v) is 7.98. The molecule has 0 aromatic carbocycles. The molecule has 14 nitrogen and oxygen atoms in total. The van der Waals surface area contributed by atoms with E-state index in [4.69, 9.17) is 18.9 Å². The van der Waals surface area contributed by atoms with Crippen LogP contribution in [0.3, 0.4) is 0 Å². The third-order valence-electron chi connectivity index (χ3n) is 7.98. The molecular formula is C34H40N8O6. The first-order chi connectivity index (χ1) is 23.3. The van der Waals surface area contributed by atoms with E-state index < -0.39 is 11.9 Å². The van der Waals surface area contributed by atoms with Crippen LogP contribution in [0.2, 0.25) is 0 Å². The number of carbonyl (C=O) groups is 2. The summed E-state index contributed by atoms with van der Waals surface area (Å²) in [5, 5.41) is 17.4. The summed E-state index contributed by atoms with van der Waals surface area (Å²) >= 11 is 0. The number of hydrogen-bond acceptors (Lipinski definition) is 10. The number of aromatic nitrogens is 8. The number of nitrogens with zero attached hydrogens (tertiary/aromatic N) is 8. The lowest BCUT2D eigenvalue weighted by molar-refractivity contribution is 0.0594. The first kappa shape index (κ1) is 34.0. The van der Waals surface area contributed by atoms with Crippen molar-refractivity contribution in [3.8, 4) is 22.3 Å². The van der Waals surface area contributed by atoms with Crippen LogP contribution in [0, 0.1) is 13.8 Å². The summed E-state index contributed by atoms with van der Waals surface area (Å²) in [5.74, 6) is -0.789. The van der Waals surface area contributed by atoms with Crippen molar-refractivity contribution in [3.63, 3.8) is 0 Å². The molecule has 0 saturated heterocycles. The topological polar surface area (TPSA) is 141 Å². The van der Waals surface area contributed by atoms with Gasteiger partial charge in [-0.05, 0) is 62.1 Å². The Morgan fingerprint density at radius 1 is 0.708 bits per heavy atom. The molecule has 0 fully saturated rings. The Bertz CT molecular complexity index is 1930. The van der Waals surface area contributed by atoms with Gasteiger partial charge in [0.15, 0.2) is 0 Å². The summed E-state index contributed by atoms with van der Waals surface area (Å²) in [6.45, 7) is 7.04. The Kier molecular flexibility index (Phi) is 11.0. The van der Waals surface area contributed by atoms with Crippen molar-refractivity contribution in [2.75, 3.05) is 41.7 Å². The molecule has 6 heterocycles. The second-order valence-electron chi connectivity index (χ2n) is 11.0. The number of aryl methyl sites for hydroxylation is 3. The van der Waals surface area contributed by atoms with E-state index in [9.17, 15) is 9.59 Å². The van der Waals surface area contributed by atoms with Crippen LogP contribution in [0.5, 0.6) is 0 Å². The van der Waals surface area contributed by atoms with Gasteiger partial charge in [-0.15, -0.1) is 0 Å². The van der Waals surface area contributed by atoms with Crippen LogP contribution in [-0.4, -0.2) is 92.4 Å². The van der Waals surface area contributed by atoms with Crippen LogP contribution < -0.4 is 0 Å².